The average Bonchev–Trinajstić information content (AvgIpc) is 2.53. The van der Waals surface area contributed by atoms with Crippen LogP contribution < -0.4 is 5.32 Å². The lowest BCUT2D eigenvalue weighted by molar-refractivity contribution is 0.143. The second kappa shape index (κ2) is 6.19. The molecule has 0 spiro atoms. The van der Waals surface area contributed by atoms with E-state index < -0.39 is 12.0 Å². The Labute approximate surface area is 129 Å². The molecule has 0 saturated carbocycles. The summed E-state index contributed by atoms with van der Waals surface area (Å²) in [6, 6.07) is 4.37. The number of allylic oxidation sites excluding steroid dienone is 6. The summed E-state index contributed by atoms with van der Waals surface area (Å²) in [6.07, 6.45) is 4.74. The van der Waals surface area contributed by atoms with Gasteiger partial charge in [0.2, 0.25) is 0 Å². The number of rotatable bonds is 1. The second-order valence-corrected chi connectivity index (χ2v) is 5.00. The Hall–Kier alpha value is -2.99. The van der Waals surface area contributed by atoms with Crippen LogP contribution in [0.15, 0.2) is 46.5 Å². The Morgan fingerprint density at radius 2 is 1.91 bits per heavy atom. The summed E-state index contributed by atoms with van der Waals surface area (Å²) in [5, 5.41) is 21.9. The highest BCUT2D eigenvalue weighted by Crippen LogP contribution is 2.35. The van der Waals surface area contributed by atoms with Crippen molar-refractivity contribution in [3.8, 4) is 12.1 Å². The molecular weight excluding hydrogens is 280 g/mol. The van der Waals surface area contributed by atoms with Crippen LogP contribution in [0.3, 0.4) is 0 Å². The largest absolute Gasteiger partial charge is 0.452 e. The first-order valence-corrected chi connectivity index (χ1v) is 6.75. The van der Waals surface area contributed by atoms with Gasteiger partial charge in [0.25, 0.3) is 0 Å². The van der Waals surface area contributed by atoms with Crippen LogP contribution in [0.1, 0.15) is 13.8 Å². The quantitative estimate of drug-likeness (QED) is 0.802. The zero-order valence-corrected chi connectivity index (χ0v) is 12.7. The first kappa shape index (κ1) is 15.4. The third-order valence-corrected chi connectivity index (χ3v) is 3.71. The number of carbonyl (C=O) groups excluding carboxylic acids is 1. The summed E-state index contributed by atoms with van der Waals surface area (Å²) in [7, 11) is 1.32. The van der Waals surface area contributed by atoms with E-state index in [9.17, 15) is 15.3 Å². The van der Waals surface area contributed by atoms with Gasteiger partial charge < -0.3 is 10.1 Å². The number of nitrogens with zero attached hydrogens (tertiary/aromatic N) is 3. The molecule has 2 aliphatic rings. The highest BCUT2D eigenvalue weighted by atomic mass is 16.5. The highest BCUT2D eigenvalue weighted by molar-refractivity contribution is 5.70. The Balaban J connectivity index is 2.38. The van der Waals surface area contributed by atoms with Gasteiger partial charge in [-0.3, -0.25) is 4.90 Å². The molecule has 0 unspecified atom stereocenters. The predicted octanol–water partition coefficient (Wildman–Crippen LogP) is 2.32. The van der Waals surface area contributed by atoms with Crippen molar-refractivity contribution >= 4 is 6.09 Å². The molecule has 2 aliphatic heterocycles. The number of hydrogen-bond acceptors (Lipinski definition) is 5. The monoisotopic (exact) mass is 296 g/mol. The van der Waals surface area contributed by atoms with E-state index >= 15 is 0 Å². The van der Waals surface area contributed by atoms with E-state index in [0.29, 0.717) is 17.7 Å². The van der Waals surface area contributed by atoms with Crippen molar-refractivity contribution in [3.63, 3.8) is 0 Å². The average molecular weight is 296 g/mol. The minimum absolute atomic E-state index is 0.345. The molecule has 1 amide bonds. The zero-order valence-electron chi connectivity index (χ0n) is 12.7. The summed E-state index contributed by atoms with van der Waals surface area (Å²) < 4.78 is 4.66. The Morgan fingerprint density at radius 1 is 1.32 bits per heavy atom. The van der Waals surface area contributed by atoms with Crippen LogP contribution in [-0.4, -0.2) is 24.6 Å². The van der Waals surface area contributed by atoms with Gasteiger partial charge in [0.1, 0.15) is 0 Å². The fourth-order valence-electron chi connectivity index (χ4n) is 2.60. The lowest BCUT2D eigenvalue weighted by Crippen LogP contribution is -2.30. The number of carbonyl (C=O) groups is 1. The molecule has 2 rings (SSSR count). The minimum Gasteiger partial charge on any atom is -0.452 e. The summed E-state index contributed by atoms with van der Waals surface area (Å²) >= 11 is 0. The third kappa shape index (κ3) is 2.59. The fraction of sp³-hybridized carbons (Fsp3) is 0.312. The number of methoxy groups -OCH3 is 1. The first-order chi connectivity index (χ1) is 10.5. The predicted molar refractivity (Wildman–Crippen MR) is 79.6 cm³/mol. The lowest BCUT2D eigenvalue weighted by Gasteiger charge is -2.29. The van der Waals surface area contributed by atoms with Crippen molar-refractivity contribution in [1.29, 1.82) is 10.5 Å². The fourth-order valence-corrected chi connectivity index (χ4v) is 2.60. The van der Waals surface area contributed by atoms with E-state index in [2.05, 4.69) is 22.2 Å². The maximum absolute atomic E-state index is 11.5. The summed E-state index contributed by atoms with van der Waals surface area (Å²) in [5.41, 5.74) is 3.35. The van der Waals surface area contributed by atoms with E-state index in [1.165, 1.54) is 12.0 Å². The molecule has 2 heterocycles. The van der Waals surface area contributed by atoms with Crippen molar-refractivity contribution < 1.29 is 9.53 Å². The smallest absolute Gasteiger partial charge is 0.413 e. The molecule has 0 radical (unpaired) electrons. The summed E-state index contributed by atoms with van der Waals surface area (Å²) in [5.74, 6) is -0.396. The van der Waals surface area contributed by atoms with Gasteiger partial charge in [0.15, 0.2) is 0 Å². The lowest BCUT2D eigenvalue weighted by atomic mass is 9.80. The van der Waals surface area contributed by atoms with E-state index in [1.54, 1.807) is 12.3 Å². The van der Waals surface area contributed by atoms with Crippen LogP contribution in [0.25, 0.3) is 0 Å². The molecule has 112 valence electrons. The highest BCUT2D eigenvalue weighted by Gasteiger charge is 2.31. The van der Waals surface area contributed by atoms with Crippen molar-refractivity contribution in [3.05, 3.63) is 46.5 Å². The number of amides is 1. The number of dihydropyridines is 1. The van der Waals surface area contributed by atoms with Gasteiger partial charge in [-0.15, -0.1) is 0 Å². The van der Waals surface area contributed by atoms with Crippen LogP contribution in [0.4, 0.5) is 4.79 Å². The molecular formula is C16H16N4O2. The molecule has 0 atom stereocenters. The molecule has 0 fully saturated rings. The number of ether oxygens (including phenoxy) is 1. The molecule has 0 aromatic heterocycles. The second-order valence-electron chi connectivity index (χ2n) is 5.00. The number of hydrogen-bond donors (Lipinski definition) is 1. The van der Waals surface area contributed by atoms with Crippen molar-refractivity contribution in [1.82, 2.24) is 10.2 Å². The standard InChI is InChI=1S/C16H16N4O2/c1-10-13(8-17)15(14(9-18)11(2)19-10)12-4-6-20(7-5-12)16(21)22-3/h4-6,15,19H,7H2,1-3H3. The van der Waals surface area contributed by atoms with E-state index in [1.807, 2.05) is 19.9 Å². The van der Waals surface area contributed by atoms with Gasteiger partial charge in [-0.2, -0.15) is 10.5 Å². The molecule has 0 aromatic carbocycles. The molecule has 6 nitrogen and oxygen atoms in total. The zero-order chi connectivity index (χ0) is 16.3. The van der Waals surface area contributed by atoms with Crippen LogP contribution >= 0.6 is 0 Å². The maximum Gasteiger partial charge on any atom is 0.413 e. The van der Waals surface area contributed by atoms with Gasteiger partial charge in [-0.05, 0) is 25.5 Å². The SMILES string of the molecule is COC(=O)N1C=CC(C2C(C#N)=C(C)NC(C)=C2C#N)=CC1. The van der Waals surface area contributed by atoms with E-state index in [4.69, 9.17) is 0 Å². The van der Waals surface area contributed by atoms with Crippen LogP contribution in [0.5, 0.6) is 0 Å². The van der Waals surface area contributed by atoms with Crippen LogP contribution in [0.2, 0.25) is 0 Å². The third-order valence-electron chi connectivity index (χ3n) is 3.71. The van der Waals surface area contributed by atoms with Crippen molar-refractivity contribution in [2.45, 2.75) is 13.8 Å². The van der Waals surface area contributed by atoms with E-state index in [0.717, 1.165) is 17.0 Å². The maximum atomic E-state index is 11.5. The van der Waals surface area contributed by atoms with Gasteiger partial charge in [-0.25, -0.2) is 4.79 Å². The normalized spacial score (nSPS) is 18.4. The van der Waals surface area contributed by atoms with Gasteiger partial charge in [0.05, 0.1) is 36.3 Å². The Bertz CT molecular complexity index is 677. The minimum atomic E-state index is -0.448. The van der Waals surface area contributed by atoms with Crippen molar-refractivity contribution in [2.24, 2.45) is 5.92 Å². The van der Waals surface area contributed by atoms with Crippen LogP contribution in [-0.2, 0) is 4.74 Å². The van der Waals surface area contributed by atoms with Gasteiger partial charge in [0, 0.05) is 24.1 Å². The van der Waals surface area contributed by atoms with Gasteiger partial charge in [-0.1, -0.05) is 6.08 Å². The van der Waals surface area contributed by atoms with Gasteiger partial charge >= 0.3 is 6.09 Å². The molecule has 0 aliphatic carbocycles. The Kier molecular flexibility index (Phi) is 4.33. The molecule has 1 N–H and O–H groups in total. The molecule has 22 heavy (non-hydrogen) atoms. The number of nitriles is 2. The Morgan fingerprint density at radius 3 is 2.32 bits per heavy atom. The first-order valence-electron chi connectivity index (χ1n) is 6.75. The summed E-state index contributed by atoms with van der Waals surface area (Å²) in [6.45, 7) is 3.98. The molecule has 0 saturated heterocycles. The number of nitrogens with one attached hydrogen (secondary N) is 1. The molecule has 0 bridgehead atoms. The summed E-state index contributed by atoms with van der Waals surface area (Å²) in [4.78, 5) is 12.9. The van der Waals surface area contributed by atoms with E-state index in [-0.39, 0.29) is 0 Å². The van der Waals surface area contributed by atoms with Crippen molar-refractivity contribution in [2.75, 3.05) is 13.7 Å². The van der Waals surface area contributed by atoms with Crippen LogP contribution in [0, 0.1) is 28.6 Å². The molecule has 6 heteroatoms. The molecule has 0 aromatic rings. The topological polar surface area (TPSA) is 89.2 Å².